The van der Waals surface area contributed by atoms with Gasteiger partial charge < -0.3 is 0 Å². The predicted molar refractivity (Wildman–Crippen MR) is 101 cm³/mol. The van der Waals surface area contributed by atoms with E-state index in [9.17, 15) is 9.59 Å². The molecule has 4 rings (SSSR count). The molecule has 0 bridgehead atoms. The van der Waals surface area contributed by atoms with Crippen LogP contribution in [0.2, 0.25) is 5.02 Å². The smallest absolute Gasteiger partial charge is 0.261 e. The Kier molecular flexibility index (Phi) is 4.91. The van der Waals surface area contributed by atoms with Crippen molar-refractivity contribution in [3.63, 3.8) is 0 Å². The minimum atomic E-state index is -0.232. The molecule has 0 aliphatic carbocycles. The second-order valence-corrected chi connectivity index (χ2v) is 7.36. The molecule has 0 saturated carbocycles. The Morgan fingerprint density at radius 2 is 1.74 bits per heavy atom. The van der Waals surface area contributed by atoms with Gasteiger partial charge in [0.15, 0.2) is 0 Å². The number of carbonyl (C=O) groups is 2. The summed E-state index contributed by atoms with van der Waals surface area (Å²) in [7, 11) is 0. The second kappa shape index (κ2) is 7.50. The minimum Gasteiger partial charge on any atom is -0.274 e. The van der Waals surface area contributed by atoms with Crippen molar-refractivity contribution in [2.24, 2.45) is 0 Å². The molecule has 0 fully saturated rings. The lowest BCUT2D eigenvalue weighted by Gasteiger charge is -2.13. The van der Waals surface area contributed by atoms with E-state index in [4.69, 9.17) is 11.6 Å². The summed E-state index contributed by atoms with van der Waals surface area (Å²) in [5.41, 5.74) is 1.72. The van der Waals surface area contributed by atoms with Crippen molar-refractivity contribution in [1.29, 1.82) is 0 Å². The highest BCUT2D eigenvalue weighted by molar-refractivity contribution is 7.99. The lowest BCUT2D eigenvalue weighted by atomic mass is 10.1. The van der Waals surface area contributed by atoms with Crippen molar-refractivity contribution in [3.05, 3.63) is 64.7 Å². The molecule has 9 heteroatoms. The first-order chi connectivity index (χ1) is 13.1. The van der Waals surface area contributed by atoms with Crippen LogP contribution >= 0.6 is 23.4 Å². The lowest BCUT2D eigenvalue weighted by Crippen LogP contribution is -2.31. The number of rotatable bonds is 6. The van der Waals surface area contributed by atoms with Crippen LogP contribution in [-0.4, -0.2) is 49.2 Å². The number of thioether (sulfide) groups is 1. The second-order valence-electron chi connectivity index (χ2n) is 5.86. The fourth-order valence-electron chi connectivity index (χ4n) is 2.87. The van der Waals surface area contributed by atoms with E-state index in [0.29, 0.717) is 40.0 Å². The molecule has 2 aromatic carbocycles. The number of carbonyl (C=O) groups excluding carboxylic acids is 2. The van der Waals surface area contributed by atoms with Crippen molar-refractivity contribution in [3.8, 4) is 5.69 Å². The standard InChI is InChI=1S/C18H14ClN5O2S/c19-12-5-3-6-13(11-12)24-18(20-21-22-24)27-10-4-9-23-16(25)14-7-1-2-8-15(14)17(23)26/h1-3,5-8,11H,4,9-10H2. The zero-order valence-electron chi connectivity index (χ0n) is 14.1. The van der Waals surface area contributed by atoms with Crippen molar-refractivity contribution < 1.29 is 9.59 Å². The topological polar surface area (TPSA) is 81.0 Å². The molecule has 0 atom stereocenters. The van der Waals surface area contributed by atoms with Crippen LogP contribution in [-0.2, 0) is 0 Å². The maximum absolute atomic E-state index is 12.4. The molecule has 7 nitrogen and oxygen atoms in total. The van der Waals surface area contributed by atoms with E-state index < -0.39 is 0 Å². The first-order valence-corrected chi connectivity index (χ1v) is 9.64. The van der Waals surface area contributed by atoms with Gasteiger partial charge in [0.05, 0.1) is 16.8 Å². The third-order valence-electron chi connectivity index (χ3n) is 4.13. The monoisotopic (exact) mass is 399 g/mol. The Bertz CT molecular complexity index is 987. The highest BCUT2D eigenvalue weighted by Gasteiger charge is 2.34. The number of amides is 2. The average molecular weight is 400 g/mol. The molecule has 0 unspecified atom stereocenters. The summed E-state index contributed by atoms with van der Waals surface area (Å²) < 4.78 is 1.61. The van der Waals surface area contributed by atoms with Gasteiger partial charge in [-0.1, -0.05) is 41.6 Å². The van der Waals surface area contributed by atoms with Crippen LogP contribution in [0.1, 0.15) is 27.1 Å². The molecular formula is C18H14ClN5O2S. The maximum atomic E-state index is 12.4. The summed E-state index contributed by atoms with van der Waals surface area (Å²) in [4.78, 5) is 26.0. The maximum Gasteiger partial charge on any atom is 0.261 e. The summed E-state index contributed by atoms with van der Waals surface area (Å²) in [6.45, 7) is 0.359. The van der Waals surface area contributed by atoms with E-state index >= 15 is 0 Å². The first kappa shape index (κ1) is 17.7. The van der Waals surface area contributed by atoms with Crippen molar-refractivity contribution >= 4 is 35.2 Å². The molecule has 2 heterocycles. The molecule has 0 N–H and O–H groups in total. The van der Waals surface area contributed by atoms with Crippen LogP contribution < -0.4 is 0 Å². The number of hydrogen-bond donors (Lipinski definition) is 0. The molecule has 1 aromatic heterocycles. The number of hydrogen-bond acceptors (Lipinski definition) is 6. The molecule has 136 valence electrons. The Morgan fingerprint density at radius 3 is 2.44 bits per heavy atom. The summed E-state index contributed by atoms with van der Waals surface area (Å²) >= 11 is 7.48. The molecule has 0 saturated heterocycles. The van der Waals surface area contributed by atoms with Gasteiger partial charge in [-0.05, 0) is 47.2 Å². The molecule has 0 radical (unpaired) electrons. The van der Waals surface area contributed by atoms with E-state index in [1.165, 1.54) is 16.7 Å². The molecular weight excluding hydrogens is 386 g/mol. The van der Waals surface area contributed by atoms with Crippen molar-refractivity contribution in [2.45, 2.75) is 11.6 Å². The third-order valence-corrected chi connectivity index (χ3v) is 5.37. The van der Waals surface area contributed by atoms with Gasteiger partial charge in [0, 0.05) is 17.3 Å². The van der Waals surface area contributed by atoms with Gasteiger partial charge in [-0.25, -0.2) is 0 Å². The van der Waals surface area contributed by atoms with Crippen LogP contribution in [0.15, 0.2) is 53.7 Å². The van der Waals surface area contributed by atoms with E-state index in [2.05, 4.69) is 15.5 Å². The highest BCUT2D eigenvalue weighted by atomic mass is 35.5. The lowest BCUT2D eigenvalue weighted by molar-refractivity contribution is 0.0655. The average Bonchev–Trinajstić information content (AvgIpc) is 3.24. The van der Waals surface area contributed by atoms with E-state index in [1.807, 2.05) is 12.1 Å². The van der Waals surface area contributed by atoms with E-state index in [-0.39, 0.29) is 11.8 Å². The summed E-state index contributed by atoms with van der Waals surface area (Å²) in [5, 5.41) is 13.0. The summed E-state index contributed by atoms with van der Waals surface area (Å²) in [6, 6.07) is 14.1. The van der Waals surface area contributed by atoms with E-state index in [1.54, 1.807) is 41.1 Å². The molecule has 0 spiro atoms. The third kappa shape index (κ3) is 3.45. The van der Waals surface area contributed by atoms with Gasteiger partial charge in [0.2, 0.25) is 5.16 Å². The van der Waals surface area contributed by atoms with Gasteiger partial charge in [0.1, 0.15) is 0 Å². The largest absolute Gasteiger partial charge is 0.274 e. The van der Waals surface area contributed by atoms with Crippen LogP contribution in [0.3, 0.4) is 0 Å². The SMILES string of the molecule is O=C1c2ccccc2C(=O)N1CCCSc1nnnn1-c1cccc(Cl)c1. The van der Waals surface area contributed by atoms with Crippen LogP contribution in [0, 0.1) is 0 Å². The molecule has 3 aromatic rings. The zero-order chi connectivity index (χ0) is 18.8. The van der Waals surface area contributed by atoms with Gasteiger partial charge in [0.25, 0.3) is 11.8 Å². The summed E-state index contributed by atoms with van der Waals surface area (Å²) in [5.74, 6) is 0.197. The fraction of sp³-hybridized carbons (Fsp3) is 0.167. The van der Waals surface area contributed by atoms with E-state index in [0.717, 1.165) is 5.69 Å². The minimum absolute atomic E-state index is 0.232. The van der Waals surface area contributed by atoms with Gasteiger partial charge in [-0.15, -0.1) is 5.10 Å². The Morgan fingerprint density at radius 1 is 1.00 bits per heavy atom. The number of tetrazole rings is 1. The number of halogens is 1. The molecule has 1 aliphatic rings. The molecule has 2 amide bonds. The van der Waals surface area contributed by atoms with Gasteiger partial charge in [-0.3, -0.25) is 14.5 Å². The number of benzene rings is 2. The number of aromatic nitrogens is 4. The van der Waals surface area contributed by atoms with Crippen LogP contribution in [0.5, 0.6) is 0 Å². The first-order valence-electron chi connectivity index (χ1n) is 8.27. The Labute approximate surface area is 164 Å². The normalized spacial score (nSPS) is 13.3. The quantitative estimate of drug-likeness (QED) is 0.360. The van der Waals surface area contributed by atoms with Crippen molar-refractivity contribution in [1.82, 2.24) is 25.1 Å². The van der Waals surface area contributed by atoms with Crippen molar-refractivity contribution in [2.75, 3.05) is 12.3 Å². The van der Waals surface area contributed by atoms with Crippen LogP contribution in [0.25, 0.3) is 5.69 Å². The number of imide groups is 1. The summed E-state index contributed by atoms with van der Waals surface area (Å²) in [6.07, 6.45) is 0.637. The van der Waals surface area contributed by atoms with Gasteiger partial charge >= 0.3 is 0 Å². The number of nitrogens with zero attached hydrogens (tertiary/aromatic N) is 5. The predicted octanol–water partition coefficient (Wildman–Crippen LogP) is 3.09. The Hall–Kier alpha value is -2.71. The fourth-order valence-corrected chi connectivity index (χ4v) is 3.87. The van der Waals surface area contributed by atoms with Crippen LogP contribution in [0.4, 0.5) is 0 Å². The molecule has 1 aliphatic heterocycles. The zero-order valence-corrected chi connectivity index (χ0v) is 15.7. The highest BCUT2D eigenvalue weighted by Crippen LogP contribution is 2.24. The molecule has 27 heavy (non-hydrogen) atoms. The number of fused-ring (bicyclic) bond motifs is 1. The van der Waals surface area contributed by atoms with Gasteiger partial charge in [-0.2, -0.15) is 4.68 Å². The Balaban J connectivity index is 1.36.